The maximum atomic E-state index is 14.0. The summed E-state index contributed by atoms with van der Waals surface area (Å²) in [5.41, 5.74) is 1.23. The van der Waals surface area contributed by atoms with E-state index in [1.807, 2.05) is 18.2 Å². The van der Waals surface area contributed by atoms with E-state index in [0.717, 1.165) is 18.4 Å². The van der Waals surface area contributed by atoms with Crippen molar-refractivity contribution in [1.29, 1.82) is 0 Å². The lowest BCUT2D eigenvalue weighted by Crippen LogP contribution is -2.30. The van der Waals surface area contributed by atoms with Gasteiger partial charge in [-0.1, -0.05) is 12.1 Å². The number of carbonyl (C=O) groups excluding carboxylic acids is 1. The number of rotatable bonds is 5. The Kier molecular flexibility index (Phi) is 5.25. The van der Waals surface area contributed by atoms with E-state index in [9.17, 15) is 9.18 Å². The molecule has 2 heterocycles. The van der Waals surface area contributed by atoms with Crippen molar-refractivity contribution in [3.8, 4) is 22.8 Å². The molecule has 0 saturated carbocycles. The highest BCUT2D eigenvalue weighted by Gasteiger charge is 2.34. The fourth-order valence-corrected chi connectivity index (χ4v) is 3.83. The molecule has 5 nitrogen and oxygen atoms in total. The molecule has 0 spiro atoms. The normalized spacial score (nSPS) is 16.1. The number of likely N-dealkylation sites (tertiary alicyclic amines) is 1. The molecule has 1 aliphatic rings. The van der Waals surface area contributed by atoms with Crippen LogP contribution >= 0.6 is 0 Å². The number of methoxy groups -OCH3 is 2. The maximum Gasteiger partial charge on any atom is 0.290 e. The van der Waals surface area contributed by atoms with Crippen molar-refractivity contribution in [2.24, 2.45) is 0 Å². The average Bonchev–Trinajstić information content (AvgIpc) is 3.43. The molecule has 0 radical (unpaired) electrons. The van der Waals surface area contributed by atoms with Crippen LogP contribution in [0.3, 0.4) is 0 Å². The van der Waals surface area contributed by atoms with E-state index >= 15 is 0 Å². The highest BCUT2D eigenvalue weighted by molar-refractivity contribution is 5.92. The molecule has 1 aromatic heterocycles. The fourth-order valence-electron chi connectivity index (χ4n) is 3.83. The molecule has 1 saturated heterocycles. The maximum absolute atomic E-state index is 14.0. The summed E-state index contributed by atoms with van der Waals surface area (Å²) >= 11 is 0. The molecule has 1 unspecified atom stereocenters. The largest absolute Gasteiger partial charge is 0.497 e. The van der Waals surface area contributed by atoms with Gasteiger partial charge < -0.3 is 18.8 Å². The first kappa shape index (κ1) is 19.1. The van der Waals surface area contributed by atoms with Crippen molar-refractivity contribution in [3.63, 3.8) is 0 Å². The van der Waals surface area contributed by atoms with Gasteiger partial charge in [-0.2, -0.15) is 0 Å². The van der Waals surface area contributed by atoms with Crippen LogP contribution in [0.15, 0.2) is 59.0 Å². The van der Waals surface area contributed by atoms with Crippen molar-refractivity contribution >= 4 is 5.91 Å². The number of furan rings is 1. The molecule has 1 fully saturated rings. The van der Waals surface area contributed by atoms with Gasteiger partial charge in [0.15, 0.2) is 5.76 Å². The zero-order valence-electron chi connectivity index (χ0n) is 16.4. The predicted octanol–water partition coefficient (Wildman–Crippen LogP) is 5.08. The van der Waals surface area contributed by atoms with Crippen LogP contribution in [-0.2, 0) is 0 Å². The lowest BCUT2D eigenvalue weighted by atomic mass is 10.0. The Bertz CT molecular complexity index is 1030. The summed E-state index contributed by atoms with van der Waals surface area (Å²) < 4.78 is 30.6. The highest BCUT2D eigenvalue weighted by Crippen LogP contribution is 2.40. The summed E-state index contributed by atoms with van der Waals surface area (Å²) in [4.78, 5) is 15.0. The average molecular weight is 395 g/mol. The van der Waals surface area contributed by atoms with Gasteiger partial charge in [-0.05, 0) is 55.3 Å². The van der Waals surface area contributed by atoms with Gasteiger partial charge in [-0.15, -0.1) is 0 Å². The minimum atomic E-state index is -0.388. The van der Waals surface area contributed by atoms with Crippen molar-refractivity contribution in [3.05, 3.63) is 71.7 Å². The number of amides is 1. The Labute approximate surface area is 168 Å². The van der Waals surface area contributed by atoms with Crippen molar-refractivity contribution in [2.45, 2.75) is 18.9 Å². The third kappa shape index (κ3) is 3.58. The van der Waals surface area contributed by atoms with Gasteiger partial charge >= 0.3 is 0 Å². The second-order valence-corrected chi connectivity index (χ2v) is 6.91. The molecule has 3 aromatic rings. The van der Waals surface area contributed by atoms with Crippen LogP contribution in [0.25, 0.3) is 11.3 Å². The number of carbonyl (C=O) groups is 1. The molecule has 0 aliphatic carbocycles. The Morgan fingerprint density at radius 2 is 1.93 bits per heavy atom. The van der Waals surface area contributed by atoms with Gasteiger partial charge in [0.2, 0.25) is 0 Å². The molecule has 1 amide bonds. The first-order chi connectivity index (χ1) is 14.1. The van der Waals surface area contributed by atoms with Crippen LogP contribution in [0, 0.1) is 5.82 Å². The van der Waals surface area contributed by atoms with E-state index in [2.05, 4.69) is 0 Å². The van der Waals surface area contributed by atoms with Gasteiger partial charge in [0, 0.05) is 12.1 Å². The Balaban J connectivity index is 1.63. The van der Waals surface area contributed by atoms with Crippen molar-refractivity contribution in [2.75, 3.05) is 20.8 Å². The summed E-state index contributed by atoms with van der Waals surface area (Å²) in [6, 6.07) is 15.0. The van der Waals surface area contributed by atoms with Crippen LogP contribution < -0.4 is 9.47 Å². The molecule has 1 atom stereocenters. The fraction of sp³-hybridized carbons (Fsp3) is 0.261. The number of hydrogen-bond donors (Lipinski definition) is 0. The van der Waals surface area contributed by atoms with Crippen LogP contribution in [-0.4, -0.2) is 31.6 Å². The molecule has 2 aromatic carbocycles. The van der Waals surface area contributed by atoms with Gasteiger partial charge in [-0.25, -0.2) is 4.39 Å². The topological polar surface area (TPSA) is 51.9 Å². The zero-order chi connectivity index (χ0) is 20.4. The molecular weight excluding hydrogens is 373 g/mol. The minimum absolute atomic E-state index is 0.144. The van der Waals surface area contributed by atoms with Gasteiger partial charge in [0.05, 0.1) is 25.8 Å². The van der Waals surface area contributed by atoms with E-state index < -0.39 is 0 Å². The number of nitrogens with zero attached hydrogens (tertiary/aromatic N) is 1. The number of hydrogen-bond acceptors (Lipinski definition) is 4. The molecular formula is C23H22FNO4. The van der Waals surface area contributed by atoms with Crippen molar-refractivity contribution in [1.82, 2.24) is 4.90 Å². The van der Waals surface area contributed by atoms with Gasteiger partial charge in [0.1, 0.15) is 23.1 Å². The quantitative estimate of drug-likeness (QED) is 0.605. The molecule has 6 heteroatoms. The number of halogens is 1. The van der Waals surface area contributed by atoms with Crippen LogP contribution in [0.5, 0.6) is 11.5 Å². The molecule has 150 valence electrons. The monoisotopic (exact) mass is 395 g/mol. The first-order valence-corrected chi connectivity index (χ1v) is 9.50. The summed E-state index contributed by atoms with van der Waals surface area (Å²) in [5, 5.41) is 0. The van der Waals surface area contributed by atoms with Gasteiger partial charge in [-0.3, -0.25) is 4.79 Å². The third-order valence-corrected chi connectivity index (χ3v) is 5.27. The minimum Gasteiger partial charge on any atom is -0.497 e. The number of benzene rings is 2. The molecule has 1 aliphatic heterocycles. The second-order valence-electron chi connectivity index (χ2n) is 6.91. The van der Waals surface area contributed by atoms with E-state index in [1.165, 1.54) is 6.07 Å². The standard InChI is InChI=1S/C23H22FNO4/c1-27-15-9-10-20(28-2)17(14-15)19-8-5-13-25(19)23(26)22-12-11-21(29-22)16-6-3-4-7-18(16)24/h3-4,6-7,9-12,14,19H,5,8,13H2,1-2H3. The molecule has 4 rings (SSSR count). The Hall–Kier alpha value is -3.28. The van der Waals surface area contributed by atoms with E-state index in [0.29, 0.717) is 29.4 Å². The van der Waals surface area contributed by atoms with E-state index in [-0.39, 0.29) is 23.5 Å². The lowest BCUT2D eigenvalue weighted by Gasteiger charge is -2.26. The third-order valence-electron chi connectivity index (χ3n) is 5.27. The first-order valence-electron chi connectivity index (χ1n) is 9.50. The number of ether oxygens (including phenoxy) is 2. The molecule has 0 bridgehead atoms. The van der Waals surface area contributed by atoms with Crippen molar-refractivity contribution < 1.29 is 23.1 Å². The van der Waals surface area contributed by atoms with Crippen LogP contribution in [0.2, 0.25) is 0 Å². The molecule has 0 N–H and O–H groups in total. The Morgan fingerprint density at radius 3 is 2.69 bits per heavy atom. The summed E-state index contributed by atoms with van der Waals surface area (Å²) in [7, 11) is 3.22. The van der Waals surface area contributed by atoms with Crippen LogP contribution in [0.4, 0.5) is 4.39 Å². The predicted molar refractivity (Wildman–Crippen MR) is 107 cm³/mol. The SMILES string of the molecule is COc1ccc(OC)c(C2CCCN2C(=O)c2ccc(-c3ccccc3F)o2)c1. The second kappa shape index (κ2) is 7.99. The van der Waals surface area contributed by atoms with Gasteiger partial charge in [0.25, 0.3) is 5.91 Å². The van der Waals surface area contributed by atoms with Crippen LogP contribution in [0.1, 0.15) is 35.0 Å². The molecule has 29 heavy (non-hydrogen) atoms. The summed E-state index contributed by atoms with van der Waals surface area (Å²) in [6.07, 6.45) is 1.69. The summed E-state index contributed by atoms with van der Waals surface area (Å²) in [5.74, 6) is 1.33. The summed E-state index contributed by atoms with van der Waals surface area (Å²) in [6.45, 7) is 0.611. The Morgan fingerprint density at radius 1 is 1.10 bits per heavy atom. The smallest absolute Gasteiger partial charge is 0.290 e. The van der Waals surface area contributed by atoms with E-state index in [4.69, 9.17) is 13.9 Å². The van der Waals surface area contributed by atoms with E-state index in [1.54, 1.807) is 49.5 Å². The zero-order valence-corrected chi connectivity index (χ0v) is 16.4. The lowest BCUT2D eigenvalue weighted by molar-refractivity contribution is 0.0702. The highest BCUT2D eigenvalue weighted by atomic mass is 19.1.